The predicted molar refractivity (Wildman–Crippen MR) is 90.2 cm³/mol. The van der Waals surface area contributed by atoms with Crippen LogP contribution in [0.25, 0.3) is 0 Å². The molecule has 0 saturated carbocycles. The van der Waals surface area contributed by atoms with E-state index in [0.717, 1.165) is 25.9 Å². The molecule has 1 fully saturated rings. The van der Waals surface area contributed by atoms with Gasteiger partial charge in [0.2, 0.25) is 0 Å². The first-order chi connectivity index (χ1) is 9.97. The SMILES string of the molecule is NC(=S)CN1CCC(NC(=O)c2cccc(Cl)c2Cl)CC1. The van der Waals surface area contributed by atoms with Crippen LogP contribution in [-0.2, 0) is 0 Å². The van der Waals surface area contributed by atoms with Crippen LogP contribution in [0.5, 0.6) is 0 Å². The third kappa shape index (κ3) is 4.54. The molecular formula is C14H17Cl2N3OS. The van der Waals surface area contributed by atoms with Crippen LogP contribution in [0.1, 0.15) is 23.2 Å². The van der Waals surface area contributed by atoms with Gasteiger partial charge in [-0.15, -0.1) is 0 Å². The zero-order valence-electron chi connectivity index (χ0n) is 11.4. The van der Waals surface area contributed by atoms with E-state index in [1.165, 1.54) is 0 Å². The van der Waals surface area contributed by atoms with E-state index in [1.807, 2.05) is 0 Å². The monoisotopic (exact) mass is 345 g/mol. The smallest absolute Gasteiger partial charge is 0.253 e. The normalized spacial score (nSPS) is 16.7. The summed E-state index contributed by atoms with van der Waals surface area (Å²) in [5, 5.41) is 3.68. The van der Waals surface area contributed by atoms with Gasteiger partial charge in [-0.3, -0.25) is 9.69 Å². The first kappa shape index (κ1) is 16.5. The van der Waals surface area contributed by atoms with Crippen LogP contribution >= 0.6 is 35.4 Å². The van der Waals surface area contributed by atoms with Crippen molar-refractivity contribution in [3.05, 3.63) is 33.8 Å². The second kappa shape index (κ2) is 7.40. The molecule has 1 aliphatic heterocycles. The average Bonchev–Trinajstić information content (AvgIpc) is 2.43. The lowest BCUT2D eigenvalue weighted by molar-refractivity contribution is 0.0915. The summed E-state index contributed by atoms with van der Waals surface area (Å²) in [6, 6.07) is 5.18. The third-order valence-electron chi connectivity index (χ3n) is 3.50. The quantitative estimate of drug-likeness (QED) is 0.823. The number of likely N-dealkylation sites (tertiary alicyclic amines) is 1. The summed E-state index contributed by atoms with van der Waals surface area (Å²) in [5.41, 5.74) is 5.95. The molecule has 0 radical (unpaired) electrons. The Labute approximate surface area is 139 Å². The first-order valence-corrected chi connectivity index (χ1v) is 7.89. The molecule has 1 amide bonds. The molecule has 114 valence electrons. The molecule has 1 aromatic carbocycles. The van der Waals surface area contributed by atoms with Gasteiger partial charge in [0.05, 0.1) is 20.6 Å². The summed E-state index contributed by atoms with van der Waals surface area (Å²) in [5.74, 6) is -0.185. The maximum atomic E-state index is 12.2. The fourth-order valence-corrected chi connectivity index (χ4v) is 2.97. The molecule has 2 rings (SSSR count). The summed E-state index contributed by atoms with van der Waals surface area (Å²) in [4.78, 5) is 14.9. The molecule has 7 heteroatoms. The standard InChI is InChI=1S/C14H17Cl2N3OS/c15-11-3-1-2-10(13(11)16)14(20)18-9-4-6-19(7-5-9)8-12(17)21/h1-3,9H,4-8H2,(H2,17,21)(H,18,20). The molecule has 21 heavy (non-hydrogen) atoms. The minimum Gasteiger partial charge on any atom is -0.392 e. The lowest BCUT2D eigenvalue weighted by Crippen LogP contribution is -2.46. The fraction of sp³-hybridized carbons (Fsp3) is 0.429. The van der Waals surface area contributed by atoms with Crippen molar-refractivity contribution in [1.82, 2.24) is 10.2 Å². The number of hydrogen-bond acceptors (Lipinski definition) is 3. The van der Waals surface area contributed by atoms with Crippen molar-refractivity contribution in [3.8, 4) is 0 Å². The lowest BCUT2D eigenvalue weighted by atomic mass is 10.0. The number of halogens is 2. The number of nitrogens with zero attached hydrogens (tertiary/aromatic N) is 1. The highest BCUT2D eigenvalue weighted by Gasteiger charge is 2.22. The van der Waals surface area contributed by atoms with E-state index in [0.29, 0.717) is 27.1 Å². The molecule has 3 N–H and O–H groups in total. The molecule has 0 aliphatic carbocycles. The Hall–Kier alpha value is -0.880. The van der Waals surface area contributed by atoms with Crippen molar-refractivity contribution < 1.29 is 4.79 Å². The van der Waals surface area contributed by atoms with E-state index in [-0.39, 0.29) is 11.9 Å². The second-order valence-corrected chi connectivity index (χ2v) is 6.40. The molecule has 1 saturated heterocycles. The van der Waals surface area contributed by atoms with Crippen molar-refractivity contribution >= 4 is 46.3 Å². The zero-order chi connectivity index (χ0) is 15.4. The number of hydrogen-bond donors (Lipinski definition) is 2. The van der Waals surface area contributed by atoms with Crippen LogP contribution in [0, 0.1) is 0 Å². The molecule has 0 spiro atoms. The van der Waals surface area contributed by atoms with Crippen LogP contribution in [-0.4, -0.2) is 41.5 Å². The number of piperidine rings is 1. The molecule has 0 bridgehead atoms. The van der Waals surface area contributed by atoms with E-state index in [2.05, 4.69) is 10.2 Å². The van der Waals surface area contributed by atoms with Gasteiger partial charge in [-0.1, -0.05) is 41.5 Å². The molecule has 1 aromatic rings. The Balaban J connectivity index is 1.90. The number of thiocarbonyl (C=S) groups is 1. The van der Waals surface area contributed by atoms with E-state index in [9.17, 15) is 4.79 Å². The molecule has 0 unspecified atom stereocenters. The summed E-state index contributed by atoms with van der Waals surface area (Å²) in [6.07, 6.45) is 1.74. The van der Waals surface area contributed by atoms with E-state index >= 15 is 0 Å². The van der Waals surface area contributed by atoms with E-state index < -0.39 is 0 Å². The van der Waals surface area contributed by atoms with Crippen LogP contribution < -0.4 is 11.1 Å². The fourth-order valence-electron chi connectivity index (χ4n) is 2.40. The van der Waals surface area contributed by atoms with Crippen LogP contribution in [0.2, 0.25) is 10.0 Å². The van der Waals surface area contributed by atoms with Crippen molar-refractivity contribution in [2.75, 3.05) is 19.6 Å². The van der Waals surface area contributed by atoms with Gasteiger partial charge < -0.3 is 11.1 Å². The van der Waals surface area contributed by atoms with Gasteiger partial charge in [0.1, 0.15) is 0 Å². The molecule has 0 atom stereocenters. The number of benzene rings is 1. The number of rotatable bonds is 4. The van der Waals surface area contributed by atoms with E-state index in [1.54, 1.807) is 18.2 Å². The number of carbonyl (C=O) groups is 1. The molecule has 0 aromatic heterocycles. The number of nitrogens with two attached hydrogens (primary N) is 1. The second-order valence-electron chi connectivity index (χ2n) is 5.09. The third-order valence-corrected chi connectivity index (χ3v) is 4.45. The Morgan fingerprint density at radius 1 is 1.38 bits per heavy atom. The number of carbonyl (C=O) groups excluding carboxylic acids is 1. The maximum absolute atomic E-state index is 12.2. The van der Waals surface area contributed by atoms with Gasteiger partial charge in [0.15, 0.2) is 0 Å². The largest absolute Gasteiger partial charge is 0.392 e. The summed E-state index contributed by atoms with van der Waals surface area (Å²) in [6.45, 7) is 2.37. The van der Waals surface area contributed by atoms with Gasteiger partial charge in [0.25, 0.3) is 5.91 Å². The highest BCUT2D eigenvalue weighted by Crippen LogP contribution is 2.25. The summed E-state index contributed by atoms with van der Waals surface area (Å²) in [7, 11) is 0. The van der Waals surface area contributed by atoms with Gasteiger partial charge in [0, 0.05) is 25.7 Å². The molecule has 1 heterocycles. The first-order valence-electron chi connectivity index (χ1n) is 6.73. The zero-order valence-corrected chi connectivity index (χ0v) is 13.8. The van der Waals surface area contributed by atoms with Crippen LogP contribution in [0.4, 0.5) is 0 Å². The summed E-state index contributed by atoms with van der Waals surface area (Å²) < 4.78 is 0. The highest BCUT2D eigenvalue weighted by atomic mass is 35.5. The van der Waals surface area contributed by atoms with Crippen molar-refractivity contribution in [2.45, 2.75) is 18.9 Å². The maximum Gasteiger partial charge on any atom is 0.253 e. The molecule has 4 nitrogen and oxygen atoms in total. The highest BCUT2D eigenvalue weighted by molar-refractivity contribution is 7.80. The average molecular weight is 346 g/mol. The van der Waals surface area contributed by atoms with Crippen molar-refractivity contribution in [3.63, 3.8) is 0 Å². The van der Waals surface area contributed by atoms with E-state index in [4.69, 9.17) is 41.2 Å². The molecular weight excluding hydrogens is 329 g/mol. The minimum atomic E-state index is -0.185. The van der Waals surface area contributed by atoms with Gasteiger partial charge in [-0.2, -0.15) is 0 Å². The Kier molecular flexibility index (Phi) is 5.81. The predicted octanol–water partition coefficient (Wildman–Crippen LogP) is 2.47. The van der Waals surface area contributed by atoms with Gasteiger partial charge in [-0.05, 0) is 25.0 Å². The van der Waals surface area contributed by atoms with Crippen LogP contribution in [0.3, 0.4) is 0 Å². The van der Waals surface area contributed by atoms with Crippen molar-refractivity contribution in [2.24, 2.45) is 5.73 Å². The lowest BCUT2D eigenvalue weighted by Gasteiger charge is -2.32. The minimum absolute atomic E-state index is 0.134. The Morgan fingerprint density at radius 3 is 2.67 bits per heavy atom. The molecule has 1 aliphatic rings. The summed E-state index contributed by atoms with van der Waals surface area (Å²) >= 11 is 16.9. The van der Waals surface area contributed by atoms with Gasteiger partial charge in [-0.25, -0.2) is 0 Å². The Bertz CT molecular complexity index is 545. The van der Waals surface area contributed by atoms with Gasteiger partial charge >= 0.3 is 0 Å². The number of amides is 1. The van der Waals surface area contributed by atoms with Crippen LogP contribution in [0.15, 0.2) is 18.2 Å². The number of nitrogens with one attached hydrogen (secondary N) is 1. The Morgan fingerprint density at radius 2 is 2.05 bits per heavy atom. The topological polar surface area (TPSA) is 58.4 Å². The van der Waals surface area contributed by atoms with Crippen molar-refractivity contribution in [1.29, 1.82) is 0 Å².